The summed E-state index contributed by atoms with van der Waals surface area (Å²) in [4.78, 5) is 16.4. The van der Waals surface area contributed by atoms with Crippen LogP contribution in [-0.4, -0.2) is 66.2 Å². The molecule has 1 aromatic rings. The zero-order chi connectivity index (χ0) is 18.8. The number of likely N-dealkylation sites (N-methyl/N-ethyl adjacent to an activating group) is 1. The predicted octanol–water partition coefficient (Wildman–Crippen LogP) is 3.07. The molecule has 0 spiro atoms. The highest BCUT2D eigenvalue weighted by molar-refractivity contribution is 7.13. The van der Waals surface area contributed by atoms with Crippen LogP contribution in [0.5, 0.6) is 0 Å². The molecule has 5 heteroatoms. The largest absolute Gasteiger partial charge is 0.339 e. The lowest BCUT2D eigenvalue weighted by Gasteiger charge is -2.34. The first-order valence-corrected chi connectivity index (χ1v) is 10.2. The van der Waals surface area contributed by atoms with Crippen LogP contribution in [0.2, 0.25) is 0 Å². The second kappa shape index (κ2) is 11.6. The molecule has 1 aliphatic carbocycles. The SMILES string of the molecule is CC.CC.CN(CCN1CCN(P)CC1=O)C1Cc2ccccc2C1. The first kappa shape index (κ1) is 22.1. The van der Waals surface area contributed by atoms with E-state index in [0.29, 0.717) is 12.6 Å². The van der Waals surface area contributed by atoms with E-state index in [9.17, 15) is 4.79 Å². The quantitative estimate of drug-likeness (QED) is 0.768. The van der Waals surface area contributed by atoms with Gasteiger partial charge < -0.3 is 9.80 Å². The van der Waals surface area contributed by atoms with Crippen molar-refractivity contribution in [3.05, 3.63) is 35.4 Å². The van der Waals surface area contributed by atoms with E-state index in [4.69, 9.17) is 0 Å². The average molecular weight is 366 g/mol. The molecule has 1 fully saturated rings. The second-order valence-electron chi connectivity index (χ2n) is 6.16. The molecule has 4 nitrogen and oxygen atoms in total. The summed E-state index contributed by atoms with van der Waals surface area (Å²) in [6, 6.07) is 9.32. The number of benzene rings is 1. The molecule has 25 heavy (non-hydrogen) atoms. The fourth-order valence-electron chi connectivity index (χ4n) is 3.27. The molecule has 1 saturated heterocycles. The lowest BCUT2D eigenvalue weighted by atomic mass is 10.1. The molecule has 0 radical (unpaired) electrons. The summed E-state index contributed by atoms with van der Waals surface area (Å²) >= 11 is 0. The van der Waals surface area contributed by atoms with E-state index in [1.807, 2.05) is 37.3 Å². The molecule has 1 unspecified atom stereocenters. The van der Waals surface area contributed by atoms with Crippen LogP contribution in [0.3, 0.4) is 0 Å². The first-order chi connectivity index (χ1) is 12.1. The standard InChI is InChI=1S/C16H24N3OP.2C2H6/c1-17(6-7-18-8-9-19(21)12-16(18)20)15-10-13-4-2-3-5-14(13)11-15;2*1-2/h2-5,15H,6-12,21H2,1H3;2*1-2H3. The lowest BCUT2D eigenvalue weighted by Crippen LogP contribution is -2.49. The van der Waals surface area contributed by atoms with Crippen molar-refractivity contribution >= 4 is 15.3 Å². The van der Waals surface area contributed by atoms with Gasteiger partial charge in [0.15, 0.2) is 0 Å². The third kappa shape index (κ3) is 6.36. The highest BCUT2D eigenvalue weighted by Gasteiger charge is 2.26. The predicted molar refractivity (Wildman–Crippen MR) is 111 cm³/mol. The van der Waals surface area contributed by atoms with Crippen LogP contribution in [0.15, 0.2) is 24.3 Å². The van der Waals surface area contributed by atoms with Crippen molar-refractivity contribution in [3.63, 3.8) is 0 Å². The summed E-state index contributed by atoms with van der Waals surface area (Å²) in [6.45, 7) is 12.1. The summed E-state index contributed by atoms with van der Waals surface area (Å²) in [5.41, 5.74) is 2.98. The third-order valence-corrected chi connectivity index (χ3v) is 5.16. The van der Waals surface area contributed by atoms with Gasteiger partial charge in [0.2, 0.25) is 5.91 Å². The Morgan fingerprint density at radius 3 is 2.16 bits per heavy atom. The molecule has 1 heterocycles. The van der Waals surface area contributed by atoms with Gasteiger partial charge in [0.05, 0.1) is 6.54 Å². The monoisotopic (exact) mass is 365 g/mol. The van der Waals surface area contributed by atoms with E-state index in [1.165, 1.54) is 11.1 Å². The van der Waals surface area contributed by atoms with Gasteiger partial charge in [-0.2, -0.15) is 0 Å². The fourth-order valence-corrected chi connectivity index (χ4v) is 3.54. The minimum absolute atomic E-state index is 0.249. The Hall–Kier alpha value is -0.960. The molecule has 0 N–H and O–H groups in total. The summed E-state index contributed by atoms with van der Waals surface area (Å²) in [5.74, 6) is 0.249. The molecule has 1 aromatic carbocycles. The van der Waals surface area contributed by atoms with E-state index in [2.05, 4.69) is 45.6 Å². The summed E-state index contributed by atoms with van der Waals surface area (Å²) < 4.78 is 2.01. The number of hydrogen-bond donors (Lipinski definition) is 0. The Morgan fingerprint density at radius 1 is 1.08 bits per heavy atom. The van der Waals surface area contributed by atoms with E-state index in [1.54, 1.807) is 0 Å². The molecular weight excluding hydrogens is 329 g/mol. The molecule has 1 aliphatic heterocycles. The van der Waals surface area contributed by atoms with Crippen LogP contribution in [0, 0.1) is 0 Å². The van der Waals surface area contributed by atoms with Gasteiger partial charge in [-0.3, -0.25) is 9.46 Å². The van der Waals surface area contributed by atoms with Crippen LogP contribution >= 0.6 is 9.39 Å². The van der Waals surface area contributed by atoms with Gasteiger partial charge in [0, 0.05) is 32.2 Å². The van der Waals surface area contributed by atoms with Crippen molar-refractivity contribution in [2.24, 2.45) is 0 Å². The molecule has 0 aromatic heterocycles. The zero-order valence-corrected chi connectivity index (χ0v) is 17.8. The minimum Gasteiger partial charge on any atom is -0.339 e. The van der Waals surface area contributed by atoms with E-state index in [0.717, 1.165) is 39.0 Å². The number of piperazine rings is 1. The minimum atomic E-state index is 0.249. The van der Waals surface area contributed by atoms with Crippen LogP contribution in [0.4, 0.5) is 0 Å². The van der Waals surface area contributed by atoms with Crippen molar-refractivity contribution in [2.45, 2.75) is 46.6 Å². The highest BCUT2D eigenvalue weighted by atomic mass is 31.0. The molecule has 0 saturated carbocycles. The zero-order valence-electron chi connectivity index (χ0n) is 16.7. The Balaban J connectivity index is 0.000000730. The summed E-state index contributed by atoms with van der Waals surface area (Å²) in [7, 11) is 4.81. The van der Waals surface area contributed by atoms with Crippen LogP contribution in [-0.2, 0) is 17.6 Å². The van der Waals surface area contributed by atoms with E-state index >= 15 is 0 Å². The molecule has 1 amide bonds. The Bertz CT molecular complexity index is 498. The van der Waals surface area contributed by atoms with Gasteiger partial charge in [-0.1, -0.05) is 61.4 Å². The maximum absolute atomic E-state index is 12.0. The molecule has 2 aliphatic rings. The van der Waals surface area contributed by atoms with Crippen molar-refractivity contribution in [1.82, 2.24) is 14.5 Å². The van der Waals surface area contributed by atoms with Crippen molar-refractivity contribution < 1.29 is 4.79 Å². The smallest absolute Gasteiger partial charge is 0.237 e. The maximum Gasteiger partial charge on any atom is 0.237 e. The van der Waals surface area contributed by atoms with E-state index in [-0.39, 0.29) is 5.91 Å². The lowest BCUT2D eigenvalue weighted by molar-refractivity contribution is -0.134. The summed E-state index contributed by atoms with van der Waals surface area (Å²) in [6.07, 6.45) is 2.28. The topological polar surface area (TPSA) is 26.8 Å². The Kier molecular flexibility index (Phi) is 10.3. The van der Waals surface area contributed by atoms with Gasteiger partial charge in [-0.25, -0.2) is 0 Å². The fraction of sp³-hybridized carbons (Fsp3) is 0.650. The third-order valence-electron chi connectivity index (χ3n) is 4.72. The molecule has 142 valence electrons. The molecule has 3 rings (SSSR count). The van der Waals surface area contributed by atoms with Crippen LogP contribution in [0.1, 0.15) is 38.8 Å². The van der Waals surface area contributed by atoms with Crippen molar-refractivity contribution in [2.75, 3.05) is 39.8 Å². The Labute approximate surface area is 156 Å². The first-order valence-electron chi connectivity index (χ1n) is 9.68. The number of carbonyl (C=O) groups excluding carboxylic acids is 1. The van der Waals surface area contributed by atoms with Gasteiger partial charge >= 0.3 is 0 Å². The average Bonchev–Trinajstić information content (AvgIpc) is 3.08. The van der Waals surface area contributed by atoms with Crippen LogP contribution < -0.4 is 0 Å². The Morgan fingerprint density at radius 2 is 1.64 bits per heavy atom. The number of nitrogens with zero attached hydrogens (tertiary/aromatic N) is 3. The van der Waals surface area contributed by atoms with Crippen molar-refractivity contribution in [1.29, 1.82) is 0 Å². The molecule has 1 atom stereocenters. The van der Waals surface area contributed by atoms with Gasteiger partial charge in [-0.05, 0) is 31.0 Å². The number of amides is 1. The van der Waals surface area contributed by atoms with Gasteiger partial charge in [0.25, 0.3) is 0 Å². The summed E-state index contributed by atoms with van der Waals surface area (Å²) in [5, 5.41) is 0. The highest BCUT2D eigenvalue weighted by Crippen LogP contribution is 2.24. The number of hydrogen-bond acceptors (Lipinski definition) is 3. The number of carbonyl (C=O) groups is 1. The number of rotatable bonds is 4. The van der Waals surface area contributed by atoms with Gasteiger partial charge in [0.1, 0.15) is 0 Å². The van der Waals surface area contributed by atoms with Crippen molar-refractivity contribution in [3.8, 4) is 0 Å². The van der Waals surface area contributed by atoms with E-state index < -0.39 is 0 Å². The normalized spacial score (nSPS) is 17.6. The molecular formula is C20H36N3OP. The van der Waals surface area contributed by atoms with Crippen LogP contribution in [0.25, 0.3) is 0 Å². The number of fused-ring (bicyclic) bond motifs is 1. The molecule has 0 bridgehead atoms. The maximum atomic E-state index is 12.0. The second-order valence-corrected chi connectivity index (χ2v) is 6.89. The van der Waals surface area contributed by atoms with Gasteiger partial charge in [-0.15, -0.1) is 0 Å².